The Kier molecular flexibility index (Phi) is 6.61. The monoisotopic (exact) mass is 386 g/mol. The molecule has 1 fully saturated rings. The summed E-state index contributed by atoms with van der Waals surface area (Å²) in [6.45, 7) is 6.18. The van der Waals surface area contributed by atoms with Crippen LogP contribution in [0.1, 0.15) is 42.0 Å². The smallest absolute Gasteiger partial charge is 0.330 e. The van der Waals surface area contributed by atoms with E-state index in [0.717, 1.165) is 16.7 Å². The number of hydrogen-bond acceptors (Lipinski definition) is 3. The van der Waals surface area contributed by atoms with Gasteiger partial charge in [0, 0.05) is 17.2 Å². The predicted molar refractivity (Wildman–Crippen MR) is 117 cm³/mol. The largest absolute Gasteiger partial charge is 0.463 e. The van der Waals surface area contributed by atoms with Crippen LogP contribution < -0.4 is 0 Å². The topological polar surface area (TPSA) is 43.4 Å². The van der Waals surface area contributed by atoms with Gasteiger partial charge in [-0.1, -0.05) is 65.2 Å². The van der Waals surface area contributed by atoms with E-state index in [2.05, 4.69) is 0 Å². The third-order valence-electron chi connectivity index (χ3n) is 4.86. The fraction of sp³-hybridized carbons (Fsp3) is 0.231. The van der Waals surface area contributed by atoms with Crippen LogP contribution in [-0.4, -0.2) is 18.4 Å². The van der Waals surface area contributed by atoms with E-state index >= 15 is 0 Å². The molecule has 3 nitrogen and oxygen atoms in total. The van der Waals surface area contributed by atoms with Gasteiger partial charge < -0.3 is 4.74 Å². The van der Waals surface area contributed by atoms with Crippen LogP contribution in [0.3, 0.4) is 0 Å². The molecule has 1 saturated carbocycles. The van der Waals surface area contributed by atoms with Gasteiger partial charge in [0.1, 0.15) is 0 Å². The van der Waals surface area contributed by atoms with Crippen molar-refractivity contribution < 1.29 is 14.3 Å². The fourth-order valence-corrected chi connectivity index (χ4v) is 3.33. The summed E-state index contributed by atoms with van der Waals surface area (Å²) < 4.78 is 5.07. The molecule has 0 saturated heterocycles. The third kappa shape index (κ3) is 5.64. The second kappa shape index (κ2) is 9.33. The summed E-state index contributed by atoms with van der Waals surface area (Å²) in [6, 6.07) is 16.1. The molecule has 0 unspecified atom stereocenters. The van der Waals surface area contributed by atoms with E-state index < -0.39 is 0 Å². The molecule has 1 aliphatic rings. The Morgan fingerprint density at radius 1 is 0.862 bits per heavy atom. The summed E-state index contributed by atoms with van der Waals surface area (Å²) in [5, 5.41) is 0. The number of esters is 1. The van der Waals surface area contributed by atoms with E-state index in [-0.39, 0.29) is 11.8 Å². The van der Waals surface area contributed by atoms with Crippen molar-refractivity contribution >= 4 is 23.9 Å². The zero-order valence-electron chi connectivity index (χ0n) is 17.2. The van der Waals surface area contributed by atoms with Crippen molar-refractivity contribution in [2.75, 3.05) is 6.61 Å². The lowest BCUT2D eigenvalue weighted by Gasteiger charge is -2.20. The number of rotatable bonds is 4. The molecule has 2 aromatic carbocycles. The highest BCUT2D eigenvalue weighted by atomic mass is 16.5. The second-order valence-corrected chi connectivity index (χ2v) is 7.40. The van der Waals surface area contributed by atoms with E-state index in [1.807, 2.05) is 74.5 Å². The van der Waals surface area contributed by atoms with E-state index in [9.17, 15) is 9.59 Å². The van der Waals surface area contributed by atoms with Crippen LogP contribution in [0.4, 0.5) is 0 Å². The Balaban J connectivity index is 1.98. The molecule has 0 aromatic heterocycles. The van der Waals surface area contributed by atoms with Crippen molar-refractivity contribution in [1.82, 2.24) is 0 Å². The molecule has 0 radical (unpaired) electrons. The van der Waals surface area contributed by atoms with Gasteiger partial charge in [-0.3, -0.25) is 4.79 Å². The average molecular weight is 386 g/mol. The van der Waals surface area contributed by atoms with E-state index in [0.29, 0.717) is 30.6 Å². The minimum atomic E-state index is -0.360. The minimum absolute atomic E-state index is 0.0344. The third-order valence-corrected chi connectivity index (χ3v) is 4.86. The van der Waals surface area contributed by atoms with Crippen molar-refractivity contribution in [3.05, 3.63) is 93.6 Å². The molecule has 0 bridgehead atoms. The average Bonchev–Trinajstić information content (AvgIpc) is 2.69. The van der Waals surface area contributed by atoms with Crippen LogP contribution >= 0.6 is 0 Å². The molecule has 2 aromatic rings. The summed E-state index contributed by atoms with van der Waals surface area (Å²) in [4.78, 5) is 25.1. The Bertz CT molecular complexity index is 918. The summed E-state index contributed by atoms with van der Waals surface area (Å²) in [6.07, 6.45) is 6.28. The maximum Gasteiger partial charge on any atom is 0.330 e. The van der Waals surface area contributed by atoms with Gasteiger partial charge in [0.15, 0.2) is 5.78 Å². The van der Waals surface area contributed by atoms with Gasteiger partial charge in [-0.2, -0.15) is 0 Å². The van der Waals surface area contributed by atoms with Crippen LogP contribution in [0.25, 0.3) is 12.2 Å². The Hall–Kier alpha value is -3.20. The highest BCUT2D eigenvalue weighted by Gasteiger charge is 2.24. The van der Waals surface area contributed by atoms with Gasteiger partial charge in [0.25, 0.3) is 0 Å². The SMILES string of the molecule is CCOC(=O)C=C1C/C(=C\c2ccc(C)cc2)C(=O)/C(=C/c2ccc(C)cc2)C1. The van der Waals surface area contributed by atoms with Crippen LogP contribution in [0.5, 0.6) is 0 Å². The summed E-state index contributed by atoms with van der Waals surface area (Å²) in [7, 11) is 0. The first-order valence-corrected chi connectivity index (χ1v) is 9.90. The lowest BCUT2D eigenvalue weighted by atomic mass is 9.83. The van der Waals surface area contributed by atoms with Crippen LogP contribution in [-0.2, 0) is 14.3 Å². The van der Waals surface area contributed by atoms with Crippen molar-refractivity contribution in [2.45, 2.75) is 33.6 Å². The molecule has 0 N–H and O–H groups in total. The molecule has 29 heavy (non-hydrogen) atoms. The van der Waals surface area contributed by atoms with Crippen molar-refractivity contribution in [2.24, 2.45) is 0 Å². The number of ketones is 1. The first kappa shape index (κ1) is 20.5. The predicted octanol–water partition coefficient (Wildman–Crippen LogP) is 5.62. The number of hydrogen-bond donors (Lipinski definition) is 0. The Morgan fingerprint density at radius 2 is 1.31 bits per heavy atom. The molecule has 0 aliphatic heterocycles. The molecule has 3 heteroatoms. The number of carbonyl (C=O) groups is 2. The molecule has 1 aliphatic carbocycles. The maximum atomic E-state index is 13.1. The van der Waals surface area contributed by atoms with Crippen LogP contribution in [0.2, 0.25) is 0 Å². The quantitative estimate of drug-likeness (QED) is 0.506. The molecule has 0 amide bonds. The van der Waals surface area contributed by atoms with Gasteiger partial charge in [-0.05, 0) is 56.9 Å². The highest BCUT2D eigenvalue weighted by Crippen LogP contribution is 2.32. The standard InChI is InChI=1S/C26H26O3/c1-4-29-25(27)17-22-15-23(13-20-9-5-18(2)6-10-20)26(28)24(16-22)14-21-11-7-19(3)8-12-21/h5-14,17H,4,15-16H2,1-3H3/b23-13+,24-14+. The number of aryl methyl sites for hydroxylation is 2. The number of benzene rings is 2. The zero-order valence-corrected chi connectivity index (χ0v) is 17.2. The molecule has 148 valence electrons. The van der Waals surface area contributed by atoms with Gasteiger partial charge in [0.05, 0.1) is 6.61 Å². The molecule has 0 heterocycles. The Labute approximate surface area is 172 Å². The molecule has 0 spiro atoms. The molecule has 3 rings (SSSR count). The number of ether oxygens (including phenoxy) is 1. The maximum absolute atomic E-state index is 13.1. The first-order valence-electron chi connectivity index (χ1n) is 9.90. The van der Waals surface area contributed by atoms with Gasteiger partial charge in [0.2, 0.25) is 0 Å². The zero-order chi connectivity index (χ0) is 20.8. The Morgan fingerprint density at radius 3 is 1.72 bits per heavy atom. The van der Waals surface area contributed by atoms with Crippen LogP contribution in [0.15, 0.2) is 71.3 Å². The summed E-state index contributed by atoms with van der Waals surface area (Å²) in [5.74, 6) is -0.326. The molecular formula is C26H26O3. The molecule has 0 atom stereocenters. The summed E-state index contributed by atoms with van der Waals surface area (Å²) in [5.41, 5.74) is 6.56. The van der Waals surface area contributed by atoms with Crippen molar-refractivity contribution in [3.63, 3.8) is 0 Å². The highest BCUT2D eigenvalue weighted by molar-refractivity contribution is 6.15. The van der Waals surface area contributed by atoms with Gasteiger partial charge in [-0.25, -0.2) is 4.79 Å². The number of Topliss-reactive ketones (excluding diaryl/α,β-unsaturated/α-hetero) is 1. The number of allylic oxidation sites excluding steroid dienone is 3. The fourth-order valence-electron chi connectivity index (χ4n) is 3.33. The molecular weight excluding hydrogens is 360 g/mol. The van der Waals surface area contributed by atoms with Crippen molar-refractivity contribution in [3.8, 4) is 0 Å². The normalized spacial score (nSPS) is 16.9. The lowest BCUT2D eigenvalue weighted by molar-refractivity contribution is -0.137. The van der Waals surface area contributed by atoms with Crippen LogP contribution in [0, 0.1) is 13.8 Å². The van der Waals surface area contributed by atoms with E-state index in [1.165, 1.54) is 17.2 Å². The first-order chi connectivity index (χ1) is 13.9. The summed E-state index contributed by atoms with van der Waals surface area (Å²) >= 11 is 0. The van der Waals surface area contributed by atoms with Gasteiger partial charge in [-0.15, -0.1) is 0 Å². The van der Waals surface area contributed by atoms with Gasteiger partial charge >= 0.3 is 5.97 Å². The van der Waals surface area contributed by atoms with E-state index in [4.69, 9.17) is 4.74 Å². The number of carbonyl (C=O) groups excluding carboxylic acids is 2. The lowest BCUT2D eigenvalue weighted by Crippen LogP contribution is -2.15. The van der Waals surface area contributed by atoms with E-state index in [1.54, 1.807) is 6.92 Å². The minimum Gasteiger partial charge on any atom is -0.463 e. The second-order valence-electron chi connectivity index (χ2n) is 7.40. The van der Waals surface area contributed by atoms with Crippen molar-refractivity contribution in [1.29, 1.82) is 0 Å².